The maximum atomic E-state index is 12.8. The molecule has 28 heavy (non-hydrogen) atoms. The average Bonchev–Trinajstić information content (AvgIpc) is 2.96. The number of imide groups is 1. The molecule has 0 radical (unpaired) electrons. The Morgan fingerprint density at radius 3 is 2.75 bits per heavy atom. The van der Waals surface area contributed by atoms with Gasteiger partial charge in [0.1, 0.15) is 11.8 Å². The number of nitro groups is 1. The van der Waals surface area contributed by atoms with Gasteiger partial charge < -0.3 is 14.8 Å². The molecule has 0 spiro atoms. The zero-order valence-corrected chi connectivity index (χ0v) is 14.8. The van der Waals surface area contributed by atoms with Gasteiger partial charge in [-0.15, -0.1) is 0 Å². The Hall–Kier alpha value is -3.46. The number of nitrogens with zero attached hydrogens (tertiary/aromatic N) is 2. The second kappa shape index (κ2) is 7.28. The van der Waals surface area contributed by atoms with E-state index in [9.17, 15) is 19.7 Å². The molecular weight excluding hydrogens is 366 g/mol. The van der Waals surface area contributed by atoms with Crippen LogP contribution in [0.5, 0.6) is 5.75 Å². The Morgan fingerprint density at radius 2 is 2.00 bits per heavy atom. The fourth-order valence-electron chi connectivity index (χ4n) is 3.39. The lowest BCUT2D eigenvalue weighted by molar-refractivity contribution is -0.385. The van der Waals surface area contributed by atoms with Gasteiger partial charge in [0.2, 0.25) is 0 Å². The Kier molecular flexibility index (Phi) is 4.66. The van der Waals surface area contributed by atoms with Crippen LogP contribution in [0.1, 0.15) is 16.7 Å². The summed E-state index contributed by atoms with van der Waals surface area (Å²) in [5.41, 5.74) is 1.70. The van der Waals surface area contributed by atoms with Gasteiger partial charge in [-0.3, -0.25) is 19.8 Å². The first-order valence-corrected chi connectivity index (χ1v) is 8.69. The number of fused-ring (bicyclic) bond motifs is 1. The van der Waals surface area contributed by atoms with Crippen LogP contribution in [0.4, 0.5) is 10.5 Å². The van der Waals surface area contributed by atoms with Crippen molar-refractivity contribution in [3.63, 3.8) is 0 Å². The summed E-state index contributed by atoms with van der Waals surface area (Å²) < 4.78 is 10.7. The maximum absolute atomic E-state index is 12.8. The third-order valence-corrected chi connectivity index (χ3v) is 4.70. The molecule has 4 rings (SSSR count). The van der Waals surface area contributed by atoms with Crippen molar-refractivity contribution in [3.05, 3.63) is 69.3 Å². The highest BCUT2D eigenvalue weighted by Crippen LogP contribution is 2.34. The molecule has 1 N–H and O–H groups in total. The second-order valence-corrected chi connectivity index (χ2v) is 6.58. The molecule has 1 atom stereocenters. The van der Waals surface area contributed by atoms with Crippen molar-refractivity contribution in [2.75, 3.05) is 6.79 Å². The van der Waals surface area contributed by atoms with Crippen LogP contribution in [0.15, 0.2) is 42.5 Å². The summed E-state index contributed by atoms with van der Waals surface area (Å²) in [5.74, 6) is 0.0464. The van der Waals surface area contributed by atoms with Crippen molar-refractivity contribution in [2.24, 2.45) is 0 Å². The molecule has 0 saturated carbocycles. The van der Waals surface area contributed by atoms with E-state index >= 15 is 0 Å². The summed E-state index contributed by atoms with van der Waals surface area (Å²) in [6.45, 7) is 0.0648. The summed E-state index contributed by atoms with van der Waals surface area (Å²) in [7, 11) is 0. The van der Waals surface area contributed by atoms with Gasteiger partial charge in [-0.2, -0.15) is 0 Å². The monoisotopic (exact) mass is 383 g/mol. The zero-order valence-electron chi connectivity index (χ0n) is 14.8. The van der Waals surface area contributed by atoms with Crippen LogP contribution >= 0.6 is 0 Å². The minimum absolute atomic E-state index is 0.00852. The maximum Gasteiger partial charge on any atom is 0.325 e. The lowest BCUT2D eigenvalue weighted by Gasteiger charge is -2.22. The lowest BCUT2D eigenvalue weighted by atomic mass is 10.0. The van der Waals surface area contributed by atoms with Crippen molar-refractivity contribution >= 4 is 17.6 Å². The summed E-state index contributed by atoms with van der Waals surface area (Å²) >= 11 is 0. The highest BCUT2D eigenvalue weighted by molar-refractivity contribution is 6.04. The molecule has 2 aliphatic heterocycles. The summed E-state index contributed by atoms with van der Waals surface area (Å²) in [4.78, 5) is 36.9. The molecule has 0 bridgehead atoms. The molecule has 2 aromatic carbocycles. The molecule has 2 heterocycles. The third kappa shape index (κ3) is 3.39. The molecule has 3 amide bonds. The molecule has 2 aromatic rings. The van der Waals surface area contributed by atoms with E-state index in [0.717, 1.165) is 10.5 Å². The SMILES string of the molecule is O=C1N[C@@H](Cc2ccccc2)C(=O)N1Cc1cc([N+](=O)[O-])cc2c1OCOC2. The number of nitrogens with one attached hydrogen (secondary N) is 1. The largest absolute Gasteiger partial charge is 0.467 e. The van der Waals surface area contributed by atoms with E-state index in [0.29, 0.717) is 23.3 Å². The number of amides is 3. The molecular formula is C19H17N3O6. The normalized spacial score (nSPS) is 18.4. The Balaban J connectivity index is 1.58. The molecule has 0 aliphatic carbocycles. The number of hydrogen-bond donors (Lipinski definition) is 1. The lowest BCUT2D eigenvalue weighted by Crippen LogP contribution is -2.32. The Morgan fingerprint density at radius 1 is 1.21 bits per heavy atom. The van der Waals surface area contributed by atoms with E-state index in [4.69, 9.17) is 9.47 Å². The first kappa shape index (κ1) is 17.9. The fraction of sp³-hybridized carbons (Fsp3) is 0.263. The standard InChI is InChI=1S/C19H17N3O6/c23-18-16(6-12-4-2-1-3-5-12)20-19(24)21(18)9-13-7-15(22(25)26)8-14-10-27-11-28-17(13)14/h1-5,7-8,16H,6,9-11H2,(H,20,24)/t16-/m0/s1. The van der Waals surface area contributed by atoms with E-state index in [1.807, 2.05) is 30.3 Å². The highest BCUT2D eigenvalue weighted by atomic mass is 16.7. The van der Waals surface area contributed by atoms with Crippen LogP contribution in [-0.2, 0) is 29.1 Å². The molecule has 9 heteroatoms. The van der Waals surface area contributed by atoms with Crippen LogP contribution in [0.25, 0.3) is 0 Å². The van der Waals surface area contributed by atoms with Crippen molar-refractivity contribution in [3.8, 4) is 5.75 Å². The number of carbonyl (C=O) groups excluding carboxylic acids is 2. The number of ether oxygens (including phenoxy) is 2. The van der Waals surface area contributed by atoms with Crippen molar-refractivity contribution < 1.29 is 24.0 Å². The second-order valence-electron chi connectivity index (χ2n) is 6.58. The number of urea groups is 1. The van der Waals surface area contributed by atoms with E-state index in [2.05, 4.69) is 5.32 Å². The molecule has 0 aromatic heterocycles. The van der Waals surface area contributed by atoms with Crippen LogP contribution in [-0.4, -0.2) is 34.6 Å². The van der Waals surface area contributed by atoms with Gasteiger partial charge in [0.15, 0.2) is 6.79 Å². The predicted molar refractivity (Wildman–Crippen MR) is 96.4 cm³/mol. The minimum atomic E-state index is -0.673. The molecule has 1 saturated heterocycles. The van der Waals surface area contributed by atoms with Crippen molar-refractivity contribution in [1.82, 2.24) is 10.2 Å². The Labute approximate surface area is 160 Å². The summed E-state index contributed by atoms with van der Waals surface area (Å²) in [5, 5.41) is 13.9. The van der Waals surface area contributed by atoms with Gasteiger partial charge in [-0.05, 0) is 5.56 Å². The van der Waals surface area contributed by atoms with E-state index in [1.165, 1.54) is 12.1 Å². The Bertz CT molecular complexity index is 946. The van der Waals surface area contributed by atoms with Crippen molar-refractivity contribution in [2.45, 2.75) is 25.6 Å². The van der Waals surface area contributed by atoms with E-state index in [1.54, 1.807) is 0 Å². The molecule has 0 unspecified atom stereocenters. The quantitative estimate of drug-likeness (QED) is 0.481. The summed E-state index contributed by atoms with van der Waals surface area (Å²) in [6.07, 6.45) is 0.374. The smallest absolute Gasteiger partial charge is 0.325 e. The fourth-order valence-corrected chi connectivity index (χ4v) is 3.39. The molecule has 2 aliphatic rings. The number of nitro benzene ring substituents is 1. The van der Waals surface area contributed by atoms with Crippen LogP contribution in [0, 0.1) is 10.1 Å². The minimum Gasteiger partial charge on any atom is -0.467 e. The number of non-ortho nitro benzene ring substituents is 1. The van der Waals surface area contributed by atoms with Gasteiger partial charge >= 0.3 is 6.03 Å². The molecule has 1 fully saturated rings. The van der Waals surface area contributed by atoms with Crippen molar-refractivity contribution in [1.29, 1.82) is 0 Å². The number of benzene rings is 2. The van der Waals surface area contributed by atoms with Gasteiger partial charge in [0, 0.05) is 29.7 Å². The molecule has 144 valence electrons. The third-order valence-electron chi connectivity index (χ3n) is 4.70. The van der Waals surface area contributed by atoms with Gasteiger partial charge in [0.25, 0.3) is 11.6 Å². The van der Waals surface area contributed by atoms with Crippen LogP contribution in [0.2, 0.25) is 0 Å². The van der Waals surface area contributed by atoms with Crippen LogP contribution in [0.3, 0.4) is 0 Å². The average molecular weight is 383 g/mol. The van der Waals surface area contributed by atoms with Gasteiger partial charge in [-0.1, -0.05) is 30.3 Å². The first-order valence-electron chi connectivity index (χ1n) is 8.69. The topological polar surface area (TPSA) is 111 Å². The number of rotatable bonds is 5. The molecule has 9 nitrogen and oxygen atoms in total. The summed E-state index contributed by atoms with van der Waals surface area (Å²) in [6, 6.07) is 10.9. The number of hydrogen-bond acceptors (Lipinski definition) is 6. The first-order chi connectivity index (χ1) is 13.5. The number of carbonyl (C=O) groups is 2. The van der Waals surface area contributed by atoms with E-state index < -0.39 is 17.0 Å². The van der Waals surface area contributed by atoms with Gasteiger partial charge in [0.05, 0.1) is 18.1 Å². The predicted octanol–water partition coefficient (Wildman–Crippen LogP) is 2.12. The highest BCUT2D eigenvalue weighted by Gasteiger charge is 2.38. The van der Waals surface area contributed by atoms with Gasteiger partial charge in [-0.25, -0.2) is 4.79 Å². The van der Waals surface area contributed by atoms with E-state index in [-0.39, 0.29) is 31.5 Å². The van der Waals surface area contributed by atoms with Crippen LogP contribution < -0.4 is 10.1 Å². The zero-order chi connectivity index (χ0) is 19.7.